The summed E-state index contributed by atoms with van der Waals surface area (Å²) in [6, 6.07) is 19.5. The minimum Gasteiger partial charge on any atom is -0.147 e. The molecule has 138 valence electrons. The number of benzene rings is 2. The quantitative estimate of drug-likeness (QED) is 0.510. The van der Waals surface area contributed by atoms with E-state index in [0.717, 1.165) is 6.42 Å². The van der Waals surface area contributed by atoms with Crippen LogP contribution in [0.1, 0.15) is 45.2 Å². The number of rotatable bonds is 5. The van der Waals surface area contributed by atoms with Crippen LogP contribution in [0.15, 0.2) is 71.8 Å². The minimum absolute atomic E-state index is 0. The average Bonchev–Trinajstić information content (AvgIpc) is 2.92. The van der Waals surface area contributed by atoms with Gasteiger partial charge in [0, 0.05) is 0 Å². The molecule has 1 N–H and O–H groups in total. The molecule has 2 aromatic carbocycles. The number of allylic oxidation sites excluding steroid dienone is 4. The molecule has 4 heteroatoms. The van der Waals surface area contributed by atoms with Crippen molar-refractivity contribution in [1.29, 1.82) is 0 Å². The van der Waals surface area contributed by atoms with Crippen molar-refractivity contribution in [1.82, 2.24) is 0 Å². The Kier molecular flexibility index (Phi) is 8.70. The molecule has 0 saturated heterocycles. The SMILES string of the molecule is CC1=CC(C)=C(c2ccccc2[C](C)(C)[Ti][NH]c2ccccc2)C1.Cl.Cl. The topological polar surface area (TPSA) is 12.0 Å². The number of nitrogens with one attached hydrogen (secondary N) is 1. The van der Waals surface area contributed by atoms with Crippen LogP contribution in [0.2, 0.25) is 0 Å². The maximum Gasteiger partial charge on any atom is -0.147 e. The zero-order chi connectivity index (χ0) is 17.2. The smallest absolute Gasteiger partial charge is 0.147 e. The summed E-state index contributed by atoms with van der Waals surface area (Å²) in [5.74, 6) is 0. The van der Waals surface area contributed by atoms with Gasteiger partial charge in [-0.25, -0.2) is 0 Å². The molecule has 0 unspecified atom stereocenters. The Labute approximate surface area is 179 Å². The van der Waals surface area contributed by atoms with Gasteiger partial charge in [-0.1, -0.05) is 0 Å². The van der Waals surface area contributed by atoms with Crippen LogP contribution in [0.5, 0.6) is 0 Å². The molecule has 0 amide bonds. The first-order valence-electron chi connectivity index (χ1n) is 8.52. The van der Waals surface area contributed by atoms with Gasteiger partial charge in [0.05, 0.1) is 0 Å². The van der Waals surface area contributed by atoms with Gasteiger partial charge in [-0.2, -0.15) is 0 Å². The molecule has 0 bridgehead atoms. The molecule has 0 heterocycles. The third-order valence-corrected chi connectivity index (χ3v) is 6.66. The molecule has 0 saturated carbocycles. The zero-order valence-corrected chi connectivity index (χ0v) is 19.0. The summed E-state index contributed by atoms with van der Waals surface area (Å²) < 4.78 is 3.89. The molecule has 0 atom stereocenters. The van der Waals surface area contributed by atoms with Crippen molar-refractivity contribution in [3.63, 3.8) is 0 Å². The molecule has 3 rings (SSSR count). The van der Waals surface area contributed by atoms with E-state index < -0.39 is 0 Å². The Morgan fingerprint density at radius 2 is 1.50 bits per heavy atom. The van der Waals surface area contributed by atoms with E-state index in [2.05, 4.69) is 92.2 Å². The summed E-state index contributed by atoms with van der Waals surface area (Å²) in [4.78, 5) is 0. The van der Waals surface area contributed by atoms with Gasteiger partial charge in [0.2, 0.25) is 0 Å². The molecule has 1 aliphatic carbocycles. The molecule has 0 fully saturated rings. The van der Waals surface area contributed by atoms with Crippen molar-refractivity contribution in [2.45, 2.75) is 37.8 Å². The van der Waals surface area contributed by atoms with E-state index in [1.54, 1.807) is 0 Å². The van der Waals surface area contributed by atoms with Crippen LogP contribution in [-0.4, -0.2) is 0 Å². The van der Waals surface area contributed by atoms with Crippen molar-refractivity contribution in [3.05, 3.63) is 82.9 Å². The molecule has 0 spiro atoms. The molecule has 0 aromatic heterocycles. The first-order valence-corrected chi connectivity index (χ1v) is 10.1. The summed E-state index contributed by atoms with van der Waals surface area (Å²) in [5.41, 5.74) is 8.54. The van der Waals surface area contributed by atoms with Crippen molar-refractivity contribution in [2.75, 3.05) is 3.80 Å². The standard InChI is InChI=1S/C16H19.C6H6N.2ClH.Ti/c1-11(2)14-7-5-6-8-15(14)16-10-12(3)9-13(16)4;7-6-4-2-1-3-5-6;;;/h5-9H,10H2,1-4H3;1-5,7H;2*1H;/q;-1;;;+1. The van der Waals surface area contributed by atoms with Crippen molar-refractivity contribution < 1.29 is 19.4 Å². The predicted octanol–water partition coefficient (Wildman–Crippen LogP) is 7.00. The summed E-state index contributed by atoms with van der Waals surface area (Å²) in [5, 5.41) is 0. The Balaban J connectivity index is 0.00000169. The van der Waals surface area contributed by atoms with Gasteiger partial charge in [0.25, 0.3) is 0 Å². The molecular formula is C22H27Cl2NTi. The van der Waals surface area contributed by atoms with Gasteiger partial charge in [-0.05, 0) is 0 Å². The fourth-order valence-corrected chi connectivity index (χ4v) is 4.87. The van der Waals surface area contributed by atoms with E-state index in [1.165, 1.54) is 33.5 Å². The van der Waals surface area contributed by atoms with E-state index in [0.29, 0.717) is 0 Å². The maximum atomic E-state index is 3.72. The van der Waals surface area contributed by atoms with Crippen molar-refractivity contribution in [3.8, 4) is 0 Å². The van der Waals surface area contributed by atoms with Crippen LogP contribution in [0.4, 0.5) is 5.69 Å². The van der Waals surface area contributed by atoms with Crippen molar-refractivity contribution in [2.24, 2.45) is 0 Å². The summed E-state index contributed by atoms with van der Waals surface area (Å²) in [6.45, 7) is 9.24. The second-order valence-corrected chi connectivity index (χ2v) is 9.85. The second kappa shape index (κ2) is 9.81. The molecule has 2 aromatic rings. The first kappa shape index (κ1) is 23.1. The normalized spacial score (nSPS) is 13.5. The van der Waals surface area contributed by atoms with Crippen LogP contribution >= 0.6 is 24.8 Å². The molecule has 1 aliphatic rings. The molecule has 0 radical (unpaired) electrons. The van der Waals surface area contributed by atoms with Crippen LogP contribution in [-0.2, 0) is 23.1 Å². The summed E-state index contributed by atoms with van der Waals surface area (Å²) in [6.07, 6.45) is 3.42. The number of para-hydroxylation sites is 1. The Hall–Kier alpha value is -0.986. The fraction of sp³-hybridized carbons (Fsp3) is 0.273. The van der Waals surface area contributed by atoms with E-state index in [9.17, 15) is 0 Å². The fourth-order valence-electron chi connectivity index (χ4n) is 3.34. The average molecular weight is 424 g/mol. The zero-order valence-electron chi connectivity index (χ0n) is 15.8. The number of anilines is 1. The van der Waals surface area contributed by atoms with Gasteiger partial charge >= 0.3 is 155 Å². The van der Waals surface area contributed by atoms with Crippen LogP contribution < -0.4 is 3.80 Å². The van der Waals surface area contributed by atoms with Crippen LogP contribution in [0, 0.1) is 0 Å². The van der Waals surface area contributed by atoms with E-state index in [-0.39, 0.29) is 47.9 Å². The Bertz CT molecular complexity index is 795. The van der Waals surface area contributed by atoms with Crippen molar-refractivity contribution >= 4 is 36.1 Å². The van der Waals surface area contributed by atoms with Gasteiger partial charge in [-0.3, -0.25) is 0 Å². The van der Waals surface area contributed by atoms with Gasteiger partial charge < -0.3 is 0 Å². The molecule has 26 heavy (non-hydrogen) atoms. The molecule has 0 aliphatic heterocycles. The predicted molar refractivity (Wildman–Crippen MR) is 115 cm³/mol. The number of halogens is 2. The summed E-state index contributed by atoms with van der Waals surface area (Å²) >= 11 is -0.382. The Morgan fingerprint density at radius 1 is 0.885 bits per heavy atom. The third kappa shape index (κ3) is 5.27. The largest absolute Gasteiger partial charge is 0.147 e. The first-order chi connectivity index (χ1) is 11.5. The minimum atomic E-state index is -0.382. The van der Waals surface area contributed by atoms with Gasteiger partial charge in [-0.15, -0.1) is 24.8 Å². The Morgan fingerprint density at radius 3 is 2.12 bits per heavy atom. The van der Waals surface area contributed by atoms with E-state index in [1.807, 2.05) is 0 Å². The molecular weight excluding hydrogens is 397 g/mol. The monoisotopic (exact) mass is 423 g/mol. The number of hydrogen-bond acceptors (Lipinski definition) is 1. The summed E-state index contributed by atoms with van der Waals surface area (Å²) in [7, 11) is 0. The third-order valence-electron chi connectivity index (χ3n) is 4.61. The van der Waals surface area contributed by atoms with Gasteiger partial charge in [0.15, 0.2) is 0 Å². The van der Waals surface area contributed by atoms with Crippen LogP contribution in [0.3, 0.4) is 0 Å². The van der Waals surface area contributed by atoms with Crippen LogP contribution in [0.25, 0.3) is 5.57 Å². The second-order valence-electron chi connectivity index (χ2n) is 7.12. The molecule has 1 nitrogen and oxygen atoms in total. The maximum absolute atomic E-state index is 3.72. The van der Waals surface area contributed by atoms with Gasteiger partial charge in [0.1, 0.15) is 0 Å². The number of hydrogen-bond donors (Lipinski definition) is 1. The van der Waals surface area contributed by atoms with E-state index in [4.69, 9.17) is 0 Å². The van der Waals surface area contributed by atoms with E-state index >= 15 is 0 Å².